The van der Waals surface area contributed by atoms with Crippen LogP contribution in [0.15, 0.2) is 35.9 Å². The van der Waals surface area contributed by atoms with E-state index in [1.165, 1.54) is 31.3 Å². The zero-order chi connectivity index (χ0) is 14.7. The molecule has 1 N–H and O–H groups in total. The van der Waals surface area contributed by atoms with E-state index in [2.05, 4.69) is 11.4 Å². The SMILES string of the molecule is O=C(NCCC1=CCCCC1)C1(c2ccc(Cl)cc2)CC1. The van der Waals surface area contributed by atoms with E-state index < -0.39 is 0 Å². The first kappa shape index (κ1) is 14.6. The number of rotatable bonds is 5. The van der Waals surface area contributed by atoms with Gasteiger partial charge in [-0.1, -0.05) is 35.4 Å². The van der Waals surface area contributed by atoms with Crippen molar-refractivity contribution >= 4 is 17.5 Å². The summed E-state index contributed by atoms with van der Waals surface area (Å²) in [6, 6.07) is 7.71. The average molecular weight is 304 g/mol. The summed E-state index contributed by atoms with van der Waals surface area (Å²) >= 11 is 5.92. The zero-order valence-electron chi connectivity index (χ0n) is 12.3. The van der Waals surface area contributed by atoms with Crippen LogP contribution in [0.2, 0.25) is 5.02 Å². The molecule has 0 atom stereocenters. The molecule has 1 aromatic rings. The molecule has 0 heterocycles. The van der Waals surface area contributed by atoms with Gasteiger partial charge in [0.05, 0.1) is 5.41 Å². The van der Waals surface area contributed by atoms with E-state index in [1.54, 1.807) is 0 Å². The van der Waals surface area contributed by atoms with E-state index in [1.807, 2.05) is 24.3 Å². The van der Waals surface area contributed by atoms with Gasteiger partial charge in [-0.25, -0.2) is 0 Å². The Balaban J connectivity index is 1.55. The molecule has 0 spiro atoms. The Morgan fingerprint density at radius 1 is 1.19 bits per heavy atom. The molecule has 0 radical (unpaired) electrons. The van der Waals surface area contributed by atoms with Gasteiger partial charge in [-0.05, 0) is 62.6 Å². The molecule has 1 aromatic carbocycles. The summed E-state index contributed by atoms with van der Waals surface area (Å²) in [5, 5.41) is 3.85. The molecular weight excluding hydrogens is 282 g/mol. The molecule has 0 saturated heterocycles. The number of nitrogens with one attached hydrogen (secondary N) is 1. The number of hydrogen-bond acceptors (Lipinski definition) is 1. The molecule has 0 unspecified atom stereocenters. The predicted octanol–water partition coefficient (Wildman–Crippen LogP) is 4.38. The third-order valence-corrected chi connectivity index (χ3v) is 4.95. The third-order valence-electron chi connectivity index (χ3n) is 4.70. The van der Waals surface area contributed by atoms with Crippen LogP contribution in [0.3, 0.4) is 0 Å². The van der Waals surface area contributed by atoms with Crippen LogP contribution >= 0.6 is 11.6 Å². The number of halogens is 1. The van der Waals surface area contributed by atoms with E-state index >= 15 is 0 Å². The van der Waals surface area contributed by atoms with Gasteiger partial charge < -0.3 is 5.32 Å². The minimum Gasteiger partial charge on any atom is -0.355 e. The number of benzene rings is 1. The van der Waals surface area contributed by atoms with Crippen molar-refractivity contribution in [1.29, 1.82) is 0 Å². The lowest BCUT2D eigenvalue weighted by Crippen LogP contribution is -2.35. The maximum atomic E-state index is 12.5. The van der Waals surface area contributed by atoms with Crippen molar-refractivity contribution in [2.24, 2.45) is 0 Å². The largest absolute Gasteiger partial charge is 0.355 e. The topological polar surface area (TPSA) is 29.1 Å². The normalized spacial score (nSPS) is 19.8. The second kappa shape index (κ2) is 6.23. The molecule has 1 fully saturated rings. The Labute approximate surface area is 131 Å². The van der Waals surface area contributed by atoms with E-state index in [0.29, 0.717) is 0 Å². The maximum absolute atomic E-state index is 12.5. The van der Waals surface area contributed by atoms with E-state index in [-0.39, 0.29) is 11.3 Å². The summed E-state index contributed by atoms with van der Waals surface area (Å²) in [6.45, 7) is 0.764. The Hall–Kier alpha value is -1.28. The first-order valence-electron chi connectivity index (χ1n) is 7.93. The monoisotopic (exact) mass is 303 g/mol. The lowest BCUT2D eigenvalue weighted by Gasteiger charge is -2.17. The van der Waals surface area contributed by atoms with Crippen molar-refractivity contribution in [3.05, 3.63) is 46.5 Å². The van der Waals surface area contributed by atoms with Crippen LogP contribution in [0.5, 0.6) is 0 Å². The highest BCUT2D eigenvalue weighted by atomic mass is 35.5. The first-order valence-corrected chi connectivity index (χ1v) is 8.31. The fourth-order valence-corrected chi connectivity index (χ4v) is 3.30. The van der Waals surface area contributed by atoms with Crippen LogP contribution < -0.4 is 5.32 Å². The second-order valence-electron chi connectivity index (χ2n) is 6.20. The number of carbonyl (C=O) groups is 1. The number of carbonyl (C=O) groups excluding carboxylic acids is 1. The van der Waals surface area contributed by atoms with Crippen LogP contribution in [0.25, 0.3) is 0 Å². The number of amides is 1. The average Bonchev–Trinajstić information content (AvgIpc) is 3.31. The Bertz CT molecular complexity index is 543. The molecule has 0 aliphatic heterocycles. The van der Waals surface area contributed by atoms with Crippen LogP contribution in [-0.4, -0.2) is 12.5 Å². The fraction of sp³-hybridized carbons (Fsp3) is 0.500. The second-order valence-corrected chi connectivity index (χ2v) is 6.64. The summed E-state index contributed by atoms with van der Waals surface area (Å²) in [5.74, 6) is 0.182. The molecule has 1 saturated carbocycles. The van der Waals surface area contributed by atoms with Gasteiger partial charge in [-0.15, -0.1) is 0 Å². The molecular formula is C18H22ClNO. The van der Waals surface area contributed by atoms with Crippen molar-refractivity contribution in [3.63, 3.8) is 0 Å². The highest BCUT2D eigenvalue weighted by Crippen LogP contribution is 2.48. The Kier molecular flexibility index (Phi) is 4.34. The third kappa shape index (κ3) is 3.32. The molecule has 0 aromatic heterocycles. The molecule has 0 bridgehead atoms. The van der Waals surface area contributed by atoms with Crippen molar-refractivity contribution in [3.8, 4) is 0 Å². The molecule has 2 aliphatic carbocycles. The van der Waals surface area contributed by atoms with Gasteiger partial charge in [-0.2, -0.15) is 0 Å². The summed E-state index contributed by atoms with van der Waals surface area (Å²) < 4.78 is 0. The minimum atomic E-state index is -0.286. The summed E-state index contributed by atoms with van der Waals surface area (Å²) in [6.07, 6.45) is 10.3. The Morgan fingerprint density at radius 3 is 2.57 bits per heavy atom. The lowest BCUT2D eigenvalue weighted by atomic mass is 9.94. The summed E-state index contributed by atoms with van der Waals surface area (Å²) in [4.78, 5) is 12.5. The molecule has 2 nitrogen and oxygen atoms in total. The number of hydrogen-bond donors (Lipinski definition) is 1. The standard InChI is InChI=1S/C18H22ClNO/c19-16-8-6-15(7-9-16)18(11-12-18)17(21)20-13-10-14-4-2-1-3-5-14/h4,6-9H,1-3,5,10-13H2,(H,20,21). The van der Waals surface area contributed by atoms with Gasteiger partial charge in [0.2, 0.25) is 5.91 Å². The quantitative estimate of drug-likeness (QED) is 0.804. The molecule has 3 heteroatoms. The van der Waals surface area contributed by atoms with Crippen LogP contribution in [0.4, 0.5) is 0 Å². The van der Waals surface area contributed by atoms with Crippen molar-refractivity contribution in [2.45, 2.75) is 50.4 Å². The molecule has 21 heavy (non-hydrogen) atoms. The zero-order valence-corrected chi connectivity index (χ0v) is 13.1. The van der Waals surface area contributed by atoms with Gasteiger partial charge >= 0.3 is 0 Å². The van der Waals surface area contributed by atoms with Crippen LogP contribution in [-0.2, 0) is 10.2 Å². The lowest BCUT2D eigenvalue weighted by molar-refractivity contribution is -0.123. The number of allylic oxidation sites excluding steroid dienone is 1. The Morgan fingerprint density at radius 2 is 1.95 bits per heavy atom. The molecule has 112 valence electrons. The predicted molar refractivity (Wildman–Crippen MR) is 86.5 cm³/mol. The van der Waals surface area contributed by atoms with Crippen LogP contribution in [0.1, 0.15) is 50.5 Å². The van der Waals surface area contributed by atoms with Gasteiger partial charge in [0.1, 0.15) is 0 Å². The van der Waals surface area contributed by atoms with Crippen molar-refractivity contribution in [1.82, 2.24) is 5.32 Å². The fourth-order valence-electron chi connectivity index (χ4n) is 3.18. The van der Waals surface area contributed by atoms with Gasteiger partial charge in [-0.3, -0.25) is 4.79 Å². The smallest absolute Gasteiger partial charge is 0.230 e. The highest BCUT2D eigenvalue weighted by Gasteiger charge is 2.50. The van der Waals surface area contributed by atoms with Gasteiger partial charge in [0.25, 0.3) is 0 Å². The summed E-state index contributed by atoms with van der Waals surface area (Å²) in [5.41, 5.74) is 2.32. The minimum absolute atomic E-state index is 0.182. The van der Waals surface area contributed by atoms with Gasteiger partial charge in [0, 0.05) is 11.6 Å². The van der Waals surface area contributed by atoms with Gasteiger partial charge in [0.15, 0.2) is 0 Å². The molecule has 1 amide bonds. The maximum Gasteiger partial charge on any atom is 0.230 e. The van der Waals surface area contributed by atoms with Crippen molar-refractivity contribution in [2.75, 3.05) is 6.54 Å². The summed E-state index contributed by atoms with van der Waals surface area (Å²) in [7, 11) is 0. The van der Waals surface area contributed by atoms with E-state index in [0.717, 1.165) is 36.4 Å². The van der Waals surface area contributed by atoms with E-state index in [9.17, 15) is 4.79 Å². The first-order chi connectivity index (χ1) is 10.2. The van der Waals surface area contributed by atoms with E-state index in [4.69, 9.17) is 11.6 Å². The molecule has 2 aliphatic rings. The van der Waals surface area contributed by atoms with Crippen LogP contribution in [0, 0.1) is 0 Å². The van der Waals surface area contributed by atoms with Crippen molar-refractivity contribution < 1.29 is 4.79 Å². The molecule has 3 rings (SSSR count). The highest BCUT2D eigenvalue weighted by molar-refractivity contribution is 6.30.